The summed E-state index contributed by atoms with van der Waals surface area (Å²) < 4.78 is 0. The van der Waals surface area contributed by atoms with E-state index in [1.165, 1.54) is 45.3 Å². The molecule has 2 aliphatic rings. The first kappa shape index (κ1) is 15.3. The lowest BCUT2D eigenvalue weighted by Crippen LogP contribution is -2.62. The van der Waals surface area contributed by atoms with E-state index in [1.54, 1.807) is 0 Å². The van der Waals surface area contributed by atoms with Crippen LogP contribution in [0, 0.1) is 11.8 Å². The monoisotopic (exact) mass is 267 g/mol. The minimum atomic E-state index is 0.302. The molecule has 1 aliphatic carbocycles. The minimum absolute atomic E-state index is 0.302. The van der Waals surface area contributed by atoms with Crippen molar-refractivity contribution in [3.05, 3.63) is 0 Å². The molecule has 19 heavy (non-hydrogen) atoms. The lowest BCUT2D eigenvalue weighted by atomic mass is 9.76. The number of likely N-dealkylation sites (N-methyl/N-ethyl adjacent to an activating group) is 1. The number of hydrogen-bond acceptors (Lipinski definition) is 3. The maximum atomic E-state index is 6.05. The Morgan fingerprint density at radius 2 is 1.95 bits per heavy atom. The summed E-state index contributed by atoms with van der Waals surface area (Å²) in [5.41, 5.74) is 6.35. The second-order valence-electron chi connectivity index (χ2n) is 7.35. The zero-order valence-corrected chi connectivity index (χ0v) is 13.4. The number of hydrogen-bond donors (Lipinski definition) is 1. The van der Waals surface area contributed by atoms with E-state index >= 15 is 0 Å². The molecule has 0 amide bonds. The van der Waals surface area contributed by atoms with Crippen molar-refractivity contribution in [3.8, 4) is 0 Å². The molecule has 1 heterocycles. The minimum Gasteiger partial charge on any atom is -0.330 e. The van der Waals surface area contributed by atoms with Crippen LogP contribution in [-0.4, -0.2) is 54.6 Å². The van der Waals surface area contributed by atoms with Crippen molar-refractivity contribution in [3.63, 3.8) is 0 Å². The number of nitrogens with zero attached hydrogens (tertiary/aromatic N) is 2. The molecule has 1 aliphatic heterocycles. The van der Waals surface area contributed by atoms with Gasteiger partial charge in [0, 0.05) is 31.2 Å². The Labute approximate surface area is 119 Å². The molecule has 3 unspecified atom stereocenters. The molecule has 0 spiro atoms. The third-order valence-corrected chi connectivity index (χ3v) is 5.76. The van der Waals surface area contributed by atoms with Gasteiger partial charge in [-0.1, -0.05) is 19.8 Å². The number of nitrogens with two attached hydrogens (primary N) is 1. The standard InChI is InChI=1S/C16H33N3/c1-5-13-6-7-14(11-17)15(10-13)19-9-8-18(4)16(2,3)12-19/h13-15H,5-12,17H2,1-4H3. The van der Waals surface area contributed by atoms with Crippen LogP contribution in [0.2, 0.25) is 0 Å². The van der Waals surface area contributed by atoms with Crippen LogP contribution in [0.1, 0.15) is 46.5 Å². The van der Waals surface area contributed by atoms with Gasteiger partial charge in [-0.25, -0.2) is 0 Å². The molecule has 2 N–H and O–H groups in total. The Hall–Kier alpha value is -0.120. The molecule has 2 rings (SSSR count). The second-order valence-corrected chi connectivity index (χ2v) is 7.35. The highest BCUT2D eigenvalue weighted by molar-refractivity contribution is 4.95. The predicted molar refractivity (Wildman–Crippen MR) is 82.2 cm³/mol. The summed E-state index contributed by atoms with van der Waals surface area (Å²) in [5.74, 6) is 1.65. The fourth-order valence-electron chi connectivity index (χ4n) is 3.95. The van der Waals surface area contributed by atoms with Crippen LogP contribution in [-0.2, 0) is 0 Å². The lowest BCUT2D eigenvalue weighted by molar-refractivity contribution is -0.0156. The Bertz CT molecular complexity index is 290. The normalized spacial score (nSPS) is 37.4. The van der Waals surface area contributed by atoms with Gasteiger partial charge in [0.15, 0.2) is 0 Å². The van der Waals surface area contributed by atoms with Crippen molar-refractivity contribution < 1.29 is 0 Å². The highest BCUT2D eigenvalue weighted by Gasteiger charge is 2.38. The van der Waals surface area contributed by atoms with Crippen molar-refractivity contribution >= 4 is 0 Å². The summed E-state index contributed by atoms with van der Waals surface area (Å²) in [6.45, 7) is 11.6. The van der Waals surface area contributed by atoms with Crippen LogP contribution < -0.4 is 5.73 Å². The molecular formula is C16H33N3. The average molecular weight is 267 g/mol. The molecule has 3 atom stereocenters. The molecule has 112 valence electrons. The van der Waals surface area contributed by atoms with E-state index in [0.717, 1.165) is 24.4 Å². The molecule has 0 radical (unpaired) electrons. The van der Waals surface area contributed by atoms with Crippen molar-refractivity contribution in [1.82, 2.24) is 9.80 Å². The first-order chi connectivity index (χ1) is 8.97. The Morgan fingerprint density at radius 3 is 2.53 bits per heavy atom. The van der Waals surface area contributed by atoms with Gasteiger partial charge in [-0.05, 0) is 52.1 Å². The smallest absolute Gasteiger partial charge is 0.0277 e. The van der Waals surface area contributed by atoms with Gasteiger partial charge in [-0.15, -0.1) is 0 Å². The summed E-state index contributed by atoms with van der Waals surface area (Å²) in [6, 6.07) is 0.733. The number of piperazine rings is 1. The van der Waals surface area contributed by atoms with E-state index in [0.29, 0.717) is 5.54 Å². The Balaban J connectivity index is 2.05. The SMILES string of the molecule is CCC1CCC(CN)C(N2CCN(C)C(C)(C)C2)C1. The van der Waals surface area contributed by atoms with Gasteiger partial charge in [-0.3, -0.25) is 9.80 Å². The van der Waals surface area contributed by atoms with E-state index in [4.69, 9.17) is 5.73 Å². The maximum Gasteiger partial charge on any atom is 0.0277 e. The topological polar surface area (TPSA) is 32.5 Å². The van der Waals surface area contributed by atoms with Crippen LogP contribution in [0.25, 0.3) is 0 Å². The first-order valence-corrected chi connectivity index (χ1v) is 8.13. The molecule has 0 aromatic rings. The maximum absolute atomic E-state index is 6.05. The first-order valence-electron chi connectivity index (χ1n) is 8.13. The Morgan fingerprint density at radius 1 is 1.21 bits per heavy atom. The second kappa shape index (κ2) is 6.11. The van der Waals surface area contributed by atoms with Gasteiger partial charge in [0.25, 0.3) is 0 Å². The van der Waals surface area contributed by atoms with Crippen molar-refractivity contribution in [2.45, 2.75) is 58.0 Å². The van der Waals surface area contributed by atoms with Crippen molar-refractivity contribution in [1.29, 1.82) is 0 Å². The molecule has 0 aromatic heterocycles. The van der Waals surface area contributed by atoms with E-state index in [9.17, 15) is 0 Å². The summed E-state index contributed by atoms with van der Waals surface area (Å²) in [7, 11) is 2.26. The zero-order chi connectivity index (χ0) is 14.0. The highest BCUT2D eigenvalue weighted by atomic mass is 15.3. The van der Waals surface area contributed by atoms with Crippen molar-refractivity contribution in [2.24, 2.45) is 17.6 Å². The zero-order valence-electron chi connectivity index (χ0n) is 13.4. The van der Waals surface area contributed by atoms with Crippen LogP contribution >= 0.6 is 0 Å². The molecule has 1 saturated heterocycles. The molecule has 3 heteroatoms. The number of rotatable bonds is 3. The van der Waals surface area contributed by atoms with Gasteiger partial charge in [-0.2, -0.15) is 0 Å². The van der Waals surface area contributed by atoms with E-state index < -0.39 is 0 Å². The molecule has 0 aromatic carbocycles. The summed E-state index contributed by atoms with van der Waals surface area (Å²) in [5, 5.41) is 0. The molecule has 2 fully saturated rings. The van der Waals surface area contributed by atoms with Crippen LogP contribution in [0.15, 0.2) is 0 Å². The Kier molecular flexibility index (Phi) is 4.91. The third-order valence-electron chi connectivity index (χ3n) is 5.76. The summed E-state index contributed by atoms with van der Waals surface area (Å²) >= 11 is 0. The molecule has 1 saturated carbocycles. The van der Waals surface area contributed by atoms with E-state index in [-0.39, 0.29) is 0 Å². The molecular weight excluding hydrogens is 234 g/mol. The van der Waals surface area contributed by atoms with Gasteiger partial charge in [0.1, 0.15) is 0 Å². The van der Waals surface area contributed by atoms with Crippen LogP contribution in [0.5, 0.6) is 0 Å². The van der Waals surface area contributed by atoms with Crippen LogP contribution in [0.4, 0.5) is 0 Å². The van der Waals surface area contributed by atoms with Gasteiger partial charge < -0.3 is 5.73 Å². The largest absolute Gasteiger partial charge is 0.330 e. The quantitative estimate of drug-likeness (QED) is 0.850. The van der Waals surface area contributed by atoms with Gasteiger partial charge >= 0.3 is 0 Å². The van der Waals surface area contributed by atoms with Gasteiger partial charge in [0.2, 0.25) is 0 Å². The third kappa shape index (κ3) is 3.32. The van der Waals surface area contributed by atoms with Crippen molar-refractivity contribution in [2.75, 3.05) is 33.2 Å². The summed E-state index contributed by atoms with van der Waals surface area (Å²) in [4.78, 5) is 5.25. The predicted octanol–water partition coefficient (Wildman–Crippen LogP) is 2.17. The van der Waals surface area contributed by atoms with E-state index in [1.807, 2.05) is 0 Å². The summed E-state index contributed by atoms with van der Waals surface area (Å²) in [6.07, 6.45) is 5.45. The fraction of sp³-hybridized carbons (Fsp3) is 1.00. The fourth-order valence-corrected chi connectivity index (χ4v) is 3.95. The molecule has 0 bridgehead atoms. The molecule has 3 nitrogen and oxygen atoms in total. The van der Waals surface area contributed by atoms with Crippen LogP contribution in [0.3, 0.4) is 0 Å². The lowest BCUT2D eigenvalue weighted by Gasteiger charge is -2.51. The van der Waals surface area contributed by atoms with E-state index in [2.05, 4.69) is 37.6 Å². The average Bonchev–Trinajstić information content (AvgIpc) is 2.41. The highest BCUT2D eigenvalue weighted by Crippen LogP contribution is 2.35. The van der Waals surface area contributed by atoms with Gasteiger partial charge in [0.05, 0.1) is 0 Å².